The molecule has 0 unspecified atom stereocenters. The van der Waals surface area contributed by atoms with E-state index in [4.69, 9.17) is 10.5 Å². The molecule has 0 aliphatic carbocycles. The van der Waals surface area contributed by atoms with Crippen molar-refractivity contribution in [2.45, 2.75) is 6.54 Å². The third-order valence-corrected chi connectivity index (χ3v) is 3.23. The second-order valence-electron chi connectivity index (χ2n) is 4.63. The van der Waals surface area contributed by atoms with E-state index in [2.05, 4.69) is 10.1 Å². The van der Waals surface area contributed by atoms with Crippen molar-refractivity contribution >= 4 is 16.7 Å². The third kappa shape index (κ3) is 2.45. The summed E-state index contributed by atoms with van der Waals surface area (Å²) in [6.07, 6.45) is 3.03. The van der Waals surface area contributed by atoms with Crippen molar-refractivity contribution < 1.29 is 4.74 Å². The van der Waals surface area contributed by atoms with Gasteiger partial charge in [-0.2, -0.15) is 5.10 Å². The van der Waals surface area contributed by atoms with Gasteiger partial charge in [0.05, 0.1) is 18.4 Å². The van der Waals surface area contributed by atoms with Crippen molar-refractivity contribution in [3.05, 3.63) is 47.1 Å². The van der Waals surface area contributed by atoms with Crippen molar-refractivity contribution in [3.63, 3.8) is 0 Å². The molecule has 1 aromatic carbocycles. The van der Waals surface area contributed by atoms with E-state index in [1.807, 2.05) is 12.1 Å². The van der Waals surface area contributed by atoms with Crippen molar-refractivity contribution in [1.82, 2.24) is 19.3 Å². The van der Waals surface area contributed by atoms with Crippen molar-refractivity contribution in [2.24, 2.45) is 7.05 Å². The molecule has 0 aliphatic heterocycles. The quantitative estimate of drug-likeness (QED) is 0.716. The number of anilines is 1. The van der Waals surface area contributed by atoms with E-state index in [0.29, 0.717) is 35.6 Å². The third-order valence-electron chi connectivity index (χ3n) is 3.23. The first kappa shape index (κ1) is 13.2. The molecule has 3 aromatic rings. The number of aryl methyl sites for hydroxylation is 1. The van der Waals surface area contributed by atoms with Gasteiger partial charge in [0.1, 0.15) is 24.1 Å². The van der Waals surface area contributed by atoms with Crippen LogP contribution in [0.15, 0.2) is 41.6 Å². The van der Waals surface area contributed by atoms with Crippen LogP contribution < -0.4 is 16.0 Å². The van der Waals surface area contributed by atoms with Crippen LogP contribution in [0.2, 0.25) is 0 Å². The number of para-hydroxylation sites is 2. The topological polar surface area (TPSA) is 88.0 Å². The summed E-state index contributed by atoms with van der Waals surface area (Å²) in [6, 6.07) is 7.25. The fourth-order valence-corrected chi connectivity index (χ4v) is 2.09. The van der Waals surface area contributed by atoms with E-state index in [9.17, 15) is 4.79 Å². The van der Waals surface area contributed by atoms with Gasteiger partial charge >= 0.3 is 0 Å². The summed E-state index contributed by atoms with van der Waals surface area (Å²) in [5.74, 6) is 0.612. The average molecular weight is 285 g/mol. The molecule has 0 aliphatic rings. The molecule has 2 N–H and O–H groups in total. The van der Waals surface area contributed by atoms with Crippen LogP contribution in [0.25, 0.3) is 11.0 Å². The van der Waals surface area contributed by atoms with Gasteiger partial charge in [-0.3, -0.25) is 14.0 Å². The molecule has 2 aromatic heterocycles. The van der Waals surface area contributed by atoms with Gasteiger partial charge in [-0.25, -0.2) is 4.98 Å². The number of nitrogens with two attached hydrogens (primary N) is 1. The zero-order valence-electron chi connectivity index (χ0n) is 11.6. The van der Waals surface area contributed by atoms with Crippen LogP contribution in [0, 0.1) is 0 Å². The molecule has 21 heavy (non-hydrogen) atoms. The molecule has 0 amide bonds. The van der Waals surface area contributed by atoms with Crippen molar-refractivity contribution in [2.75, 3.05) is 12.3 Å². The summed E-state index contributed by atoms with van der Waals surface area (Å²) in [5.41, 5.74) is 6.81. The number of hydrogen-bond donors (Lipinski definition) is 1. The van der Waals surface area contributed by atoms with E-state index < -0.39 is 0 Å². The molecular weight excluding hydrogens is 270 g/mol. The van der Waals surface area contributed by atoms with E-state index in [-0.39, 0.29) is 5.56 Å². The Bertz CT molecular complexity index is 837. The number of aromatic nitrogens is 4. The van der Waals surface area contributed by atoms with Crippen molar-refractivity contribution in [1.29, 1.82) is 0 Å². The summed E-state index contributed by atoms with van der Waals surface area (Å²) < 4.78 is 8.65. The Kier molecular flexibility index (Phi) is 3.31. The van der Waals surface area contributed by atoms with Gasteiger partial charge in [0, 0.05) is 7.05 Å². The first-order valence-corrected chi connectivity index (χ1v) is 6.51. The van der Waals surface area contributed by atoms with Gasteiger partial charge in [-0.15, -0.1) is 0 Å². The maximum absolute atomic E-state index is 12.2. The van der Waals surface area contributed by atoms with Gasteiger partial charge < -0.3 is 10.5 Å². The zero-order valence-corrected chi connectivity index (χ0v) is 11.6. The van der Waals surface area contributed by atoms with Gasteiger partial charge in [0.2, 0.25) is 0 Å². The number of hydrogen-bond acceptors (Lipinski definition) is 5. The highest BCUT2D eigenvalue weighted by Gasteiger charge is 2.08. The van der Waals surface area contributed by atoms with Gasteiger partial charge in [0.25, 0.3) is 5.56 Å². The lowest BCUT2D eigenvalue weighted by molar-refractivity contribution is 0.297. The number of nitrogens with zero attached hydrogens (tertiary/aromatic N) is 4. The zero-order chi connectivity index (χ0) is 14.8. The average Bonchev–Trinajstić information content (AvgIpc) is 2.86. The van der Waals surface area contributed by atoms with Crippen LogP contribution >= 0.6 is 0 Å². The minimum atomic E-state index is -0.127. The Labute approximate surface area is 120 Å². The van der Waals surface area contributed by atoms with Crippen LogP contribution in [0.4, 0.5) is 5.69 Å². The largest absolute Gasteiger partial charge is 0.490 e. The summed E-state index contributed by atoms with van der Waals surface area (Å²) in [5, 5.41) is 4.53. The molecule has 0 spiro atoms. The predicted octanol–water partition coefficient (Wildman–Crippen LogP) is 0.791. The minimum Gasteiger partial charge on any atom is -0.490 e. The molecule has 0 fully saturated rings. The Morgan fingerprint density at radius 2 is 2.14 bits per heavy atom. The molecule has 0 saturated heterocycles. The number of nitrogen functional groups attached to an aromatic ring is 1. The number of benzene rings is 1. The number of rotatable bonds is 4. The number of ether oxygens (including phenoxy) is 1. The lowest BCUT2D eigenvalue weighted by Crippen LogP contribution is -2.23. The second kappa shape index (κ2) is 5.28. The lowest BCUT2D eigenvalue weighted by Gasteiger charge is -2.09. The molecule has 108 valence electrons. The molecule has 0 saturated carbocycles. The van der Waals surface area contributed by atoms with Gasteiger partial charge in [-0.05, 0) is 12.1 Å². The molecule has 0 atom stereocenters. The SMILES string of the molecule is Cn1ncc2c(=O)n(CCOc3ccccc3N)cnc21. The van der Waals surface area contributed by atoms with Crippen LogP contribution in [0.1, 0.15) is 0 Å². The Morgan fingerprint density at radius 3 is 2.95 bits per heavy atom. The highest BCUT2D eigenvalue weighted by Crippen LogP contribution is 2.19. The molecule has 0 radical (unpaired) electrons. The first-order valence-electron chi connectivity index (χ1n) is 6.51. The fourth-order valence-electron chi connectivity index (χ4n) is 2.09. The highest BCUT2D eigenvalue weighted by molar-refractivity contribution is 5.72. The van der Waals surface area contributed by atoms with Gasteiger partial charge in [-0.1, -0.05) is 12.1 Å². The normalized spacial score (nSPS) is 10.9. The first-order chi connectivity index (χ1) is 10.2. The molecular formula is C14H15N5O2. The second-order valence-corrected chi connectivity index (χ2v) is 4.63. The summed E-state index contributed by atoms with van der Waals surface area (Å²) >= 11 is 0. The molecule has 3 rings (SSSR count). The standard InChI is InChI=1S/C14H15N5O2/c1-18-13-10(8-17-18)14(20)19(9-16-13)6-7-21-12-5-3-2-4-11(12)15/h2-5,8-9H,6-7,15H2,1H3. The van der Waals surface area contributed by atoms with E-state index in [1.165, 1.54) is 17.1 Å². The number of fused-ring (bicyclic) bond motifs is 1. The summed E-state index contributed by atoms with van der Waals surface area (Å²) in [7, 11) is 1.75. The summed E-state index contributed by atoms with van der Waals surface area (Å²) in [6.45, 7) is 0.729. The van der Waals surface area contributed by atoms with Crippen LogP contribution in [-0.2, 0) is 13.6 Å². The Morgan fingerprint density at radius 1 is 1.33 bits per heavy atom. The van der Waals surface area contributed by atoms with Crippen molar-refractivity contribution in [3.8, 4) is 5.75 Å². The van der Waals surface area contributed by atoms with E-state index >= 15 is 0 Å². The van der Waals surface area contributed by atoms with Gasteiger partial charge in [0.15, 0.2) is 5.65 Å². The fraction of sp³-hybridized carbons (Fsp3) is 0.214. The highest BCUT2D eigenvalue weighted by atomic mass is 16.5. The van der Waals surface area contributed by atoms with Crippen LogP contribution in [0.5, 0.6) is 5.75 Å². The van der Waals surface area contributed by atoms with E-state index in [1.54, 1.807) is 23.9 Å². The molecule has 7 nitrogen and oxygen atoms in total. The lowest BCUT2D eigenvalue weighted by atomic mass is 10.3. The maximum Gasteiger partial charge on any atom is 0.264 e. The smallest absolute Gasteiger partial charge is 0.264 e. The van der Waals surface area contributed by atoms with E-state index in [0.717, 1.165) is 0 Å². The monoisotopic (exact) mass is 285 g/mol. The minimum absolute atomic E-state index is 0.127. The van der Waals surface area contributed by atoms with Crippen LogP contribution in [-0.4, -0.2) is 25.9 Å². The molecule has 2 heterocycles. The summed E-state index contributed by atoms with van der Waals surface area (Å²) in [4.78, 5) is 16.5. The molecule has 0 bridgehead atoms. The molecule has 7 heteroatoms. The Balaban J connectivity index is 1.75. The maximum atomic E-state index is 12.2. The Hall–Kier alpha value is -2.83. The predicted molar refractivity (Wildman–Crippen MR) is 79.1 cm³/mol. The van der Waals surface area contributed by atoms with Crippen LogP contribution in [0.3, 0.4) is 0 Å².